The third kappa shape index (κ3) is 5.57. The van der Waals surface area contributed by atoms with Gasteiger partial charge in [-0.25, -0.2) is 4.79 Å². The molecule has 0 unspecified atom stereocenters. The Kier molecular flexibility index (Phi) is 7.03. The molecule has 1 saturated heterocycles. The molecule has 0 spiro atoms. The van der Waals surface area contributed by atoms with E-state index in [1.165, 1.54) is 12.7 Å². The monoisotopic (exact) mass is 381 g/mol. The molecule has 2 aromatic carbocycles. The number of anilines is 1. The Bertz CT molecular complexity index is 795. The van der Waals surface area contributed by atoms with E-state index in [-0.39, 0.29) is 18.5 Å². The van der Waals surface area contributed by atoms with Crippen LogP contribution in [-0.2, 0) is 16.0 Å². The van der Waals surface area contributed by atoms with Gasteiger partial charge in [0, 0.05) is 39.0 Å². The number of amides is 3. The number of hydrogen-bond donors (Lipinski definition) is 1. The van der Waals surface area contributed by atoms with Crippen LogP contribution in [0.2, 0.25) is 0 Å². The molecular weight excluding hydrogens is 354 g/mol. The van der Waals surface area contributed by atoms with E-state index in [0.29, 0.717) is 26.2 Å². The number of urea groups is 1. The van der Waals surface area contributed by atoms with Crippen molar-refractivity contribution in [2.45, 2.75) is 12.8 Å². The number of ether oxygens (including phenoxy) is 1. The summed E-state index contributed by atoms with van der Waals surface area (Å²) < 4.78 is 4.92. The lowest BCUT2D eigenvalue weighted by Gasteiger charge is -2.22. The van der Waals surface area contributed by atoms with Crippen molar-refractivity contribution in [3.05, 3.63) is 65.7 Å². The summed E-state index contributed by atoms with van der Waals surface area (Å²) in [7, 11) is 1.52. The summed E-state index contributed by atoms with van der Waals surface area (Å²) in [5.41, 5.74) is 3.17. The number of hydrogen-bond acceptors (Lipinski definition) is 3. The van der Waals surface area contributed by atoms with Crippen molar-refractivity contribution < 1.29 is 14.3 Å². The number of carbonyl (C=O) groups is 2. The molecule has 1 aliphatic rings. The lowest BCUT2D eigenvalue weighted by atomic mass is 10.0. The van der Waals surface area contributed by atoms with Gasteiger partial charge in [0.25, 0.3) is 0 Å². The molecule has 28 heavy (non-hydrogen) atoms. The second-order valence-corrected chi connectivity index (χ2v) is 6.95. The van der Waals surface area contributed by atoms with Crippen LogP contribution in [0, 0.1) is 0 Å². The van der Waals surface area contributed by atoms with Gasteiger partial charge in [0.2, 0.25) is 5.91 Å². The zero-order chi connectivity index (χ0) is 19.8. The molecule has 0 saturated carbocycles. The first kappa shape index (κ1) is 19.9. The Hall–Kier alpha value is -2.86. The summed E-state index contributed by atoms with van der Waals surface area (Å²) in [4.78, 5) is 28.2. The van der Waals surface area contributed by atoms with Crippen LogP contribution < -0.4 is 5.32 Å². The Morgan fingerprint density at radius 2 is 1.64 bits per heavy atom. The number of carbonyl (C=O) groups excluding carboxylic acids is 2. The highest BCUT2D eigenvalue weighted by Crippen LogP contribution is 2.16. The lowest BCUT2D eigenvalue weighted by Crippen LogP contribution is -2.40. The van der Waals surface area contributed by atoms with E-state index in [9.17, 15) is 9.59 Å². The van der Waals surface area contributed by atoms with Gasteiger partial charge >= 0.3 is 6.03 Å². The zero-order valence-corrected chi connectivity index (χ0v) is 16.3. The molecule has 0 radical (unpaired) electrons. The molecule has 148 valence electrons. The summed E-state index contributed by atoms with van der Waals surface area (Å²) >= 11 is 0. The molecule has 0 aliphatic carbocycles. The largest absolute Gasteiger partial charge is 0.375 e. The predicted octanol–water partition coefficient (Wildman–Crippen LogP) is 2.99. The van der Waals surface area contributed by atoms with Crippen LogP contribution in [0.5, 0.6) is 0 Å². The molecule has 1 fully saturated rings. The average Bonchev–Trinajstić information content (AvgIpc) is 2.96. The molecule has 1 aliphatic heterocycles. The van der Waals surface area contributed by atoms with Crippen molar-refractivity contribution >= 4 is 17.6 Å². The van der Waals surface area contributed by atoms with Gasteiger partial charge in [-0.05, 0) is 36.1 Å². The molecule has 6 nitrogen and oxygen atoms in total. The van der Waals surface area contributed by atoms with Crippen LogP contribution in [0.4, 0.5) is 10.5 Å². The van der Waals surface area contributed by atoms with Gasteiger partial charge in [-0.15, -0.1) is 0 Å². The van der Waals surface area contributed by atoms with Gasteiger partial charge in [0.1, 0.15) is 6.61 Å². The first-order valence-corrected chi connectivity index (χ1v) is 9.61. The molecule has 0 atom stereocenters. The maximum atomic E-state index is 12.7. The number of benzene rings is 2. The normalized spacial score (nSPS) is 14.5. The van der Waals surface area contributed by atoms with Gasteiger partial charge in [-0.1, -0.05) is 42.5 Å². The second kappa shape index (κ2) is 9.90. The number of rotatable bonds is 5. The second-order valence-electron chi connectivity index (χ2n) is 6.95. The van der Waals surface area contributed by atoms with E-state index in [1.54, 1.807) is 9.80 Å². The summed E-state index contributed by atoms with van der Waals surface area (Å²) in [5.74, 6) is -0.0293. The minimum absolute atomic E-state index is 0.0293. The van der Waals surface area contributed by atoms with Gasteiger partial charge in [0.05, 0.1) is 0 Å². The topological polar surface area (TPSA) is 61.9 Å². The smallest absolute Gasteiger partial charge is 0.321 e. The maximum Gasteiger partial charge on any atom is 0.321 e. The van der Waals surface area contributed by atoms with Crippen LogP contribution in [0.1, 0.15) is 17.5 Å². The number of nitrogens with zero attached hydrogens (tertiary/aromatic N) is 2. The van der Waals surface area contributed by atoms with Crippen LogP contribution in [-0.4, -0.2) is 61.6 Å². The third-order valence-electron chi connectivity index (χ3n) is 4.83. The van der Waals surface area contributed by atoms with E-state index >= 15 is 0 Å². The molecular formula is C22H27N3O3. The fraction of sp³-hybridized carbons (Fsp3) is 0.364. The van der Waals surface area contributed by atoms with Crippen molar-refractivity contribution in [3.63, 3.8) is 0 Å². The minimum atomic E-state index is -0.127. The van der Waals surface area contributed by atoms with E-state index in [1.807, 2.05) is 36.4 Å². The van der Waals surface area contributed by atoms with Crippen molar-refractivity contribution in [1.82, 2.24) is 9.80 Å². The van der Waals surface area contributed by atoms with Crippen molar-refractivity contribution in [2.75, 3.05) is 45.2 Å². The highest BCUT2D eigenvalue weighted by atomic mass is 16.5. The van der Waals surface area contributed by atoms with Crippen molar-refractivity contribution in [1.29, 1.82) is 0 Å². The molecule has 3 amide bonds. The predicted molar refractivity (Wildman–Crippen MR) is 109 cm³/mol. The molecule has 1 N–H and O–H groups in total. The van der Waals surface area contributed by atoms with E-state index in [2.05, 4.69) is 23.5 Å². The fourth-order valence-corrected chi connectivity index (χ4v) is 3.38. The average molecular weight is 381 g/mol. The first-order valence-electron chi connectivity index (χ1n) is 9.61. The van der Waals surface area contributed by atoms with Crippen molar-refractivity contribution in [3.8, 4) is 0 Å². The summed E-state index contributed by atoms with van der Waals surface area (Å²) in [6.07, 6.45) is 1.59. The van der Waals surface area contributed by atoms with Gasteiger partial charge in [-0.3, -0.25) is 4.79 Å². The van der Waals surface area contributed by atoms with Crippen LogP contribution in [0.3, 0.4) is 0 Å². The summed E-state index contributed by atoms with van der Waals surface area (Å²) in [5, 5.41) is 2.99. The molecule has 1 heterocycles. The Labute approximate surface area is 166 Å². The molecule has 3 rings (SSSR count). The van der Waals surface area contributed by atoms with E-state index in [0.717, 1.165) is 24.1 Å². The highest BCUT2D eigenvalue weighted by molar-refractivity contribution is 5.89. The summed E-state index contributed by atoms with van der Waals surface area (Å²) in [6, 6.07) is 18.1. The Balaban J connectivity index is 1.57. The van der Waals surface area contributed by atoms with Crippen LogP contribution in [0.25, 0.3) is 0 Å². The molecule has 2 aromatic rings. The van der Waals surface area contributed by atoms with Gasteiger partial charge in [-0.2, -0.15) is 0 Å². The number of nitrogens with one attached hydrogen (secondary N) is 1. The standard InChI is InChI=1S/C22H27N3O3/c1-28-17-21(26)24-11-6-12-25(14-13-24)22(27)23-20-10-5-9-19(16-20)15-18-7-3-2-4-8-18/h2-5,7-10,16H,6,11-15,17H2,1H3,(H,23,27). The van der Waals surface area contributed by atoms with E-state index in [4.69, 9.17) is 4.74 Å². The Morgan fingerprint density at radius 1 is 0.929 bits per heavy atom. The zero-order valence-electron chi connectivity index (χ0n) is 16.3. The maximum absolute atomic E-state index is 12.7. The lowest BCUT2D eigenvalue weighted by molar-refractivity contribution is -0.134. The molecule has 0 aromatic heterocycles. The summed E-state index contributed by atoms with van der Waals surface area (Å²) in [6.45, 7) is 2.42. The van der Waals surface area contributed by atoms with Crippen LogP contribution in [0.15, 0.2) is 54.6 Å². The molecule has 0 bridgehead atoms. The Morgan fingerprint density at radius 3 is 2.43 bits per heavy atom. The highest BCUT2D eigenvalue weighted by Gasteiger charge is 2.21. The number of methoxy groups -OCH3 is 1. The van der Waals surface area contributed by atoms with Crippen LogP contribution >= 0.6 is 0 Å². The molecule has 6 heteroatoms. The minimum Gasteiger partial charge on any atom is -0.375 e. The fourth-order valence-electron chi connectivity index (χ4n) is 3.38. The quantitative estimate of drug-likeness (QED) is 0.866. The SMILES string of the molecule is COCC(=O)N1CCCN(C(=O)Nc2cccc(Cc3ccccc3)c2)CC1. The first-order chi connectivity index (χ1) is 13.7. The van der Waals surface area contributed by atoms with E-state index < -0.39 is 0 Å². The third-order valence-corrected chi connectivity index (χ3v) is 4.83. The van der Waals surface area contributed by atoms with Crippen molar-refractivity contribution in [2.24, 2.45) is 0 Å². The van der Waals surface area contributed by atoms with Gasteiger partial charge < -0.3 is 19.9 Å². The van der Waals surface area contributed by atoms with Gasteiger partial charge in [0.15, 0.2) is 0 Å².